The molecule has 1 amide bonds. The molecule has 3 N–H and O–H groups in total. The Kier molecular flexibility index (Phi) is 10.1. The van der Waals surface area contributed by atoms with E-state index < -0.39 is 23.3 Å². The van der Waals surface area contributed by atoms with Gasteiger partial charge in [-0.25, -0.2) is 9.59 Å². The highest BCUT2D eigenvalue weighted by Crippen LogP contribution is 2.28. The van der Waals surface area contributed by atoms with Gasteiger partial charge in [-0.05, 0) is 50.3 Å². The fourth-order valence-electron chi connectivity index (χ4n) is 3.27. The molecule has 33 heavy (non-hydrogen) atoms. The first kappa shape index (κ1) is 26.1. The molecule has 0 fully saturated rings. The van der Waals surface area contributed by atoms with E-state index in [0.717, 1.165) is 24.1 Å². The highest BCUT2D eigenvalue weighted by Gasteiger charge is 2.23. The van der Waals surface area contributed by atoms with Crippen molar-refractivity contribution >= 4 is 29.3 Å². The second-order valence-electron chi connectivity index (χ2n) is 7.79. The maximum Gasteiger partial charge on any atom is 0.408 e. The predicted octanol–water partition coefficient (Wildman–Crippen LogP) is 6.09. The van der Waals surface area contributed by atoms with E-state index in [1.165, 1.54) is 17.1 Å². The van der Waals surface area contributed by atoms with Crippen molar-refractivity contribution < 1.29 is 24.2 Å². The number of thiophene rings is 1. The van der Waals surface area contributed by atoms with E-state index in [9.17, 15) is 19.5 Å². The largest absolute Gasteiger partial charge is 0.507 e. The SMILES string of the molecule is CCCCc1ccc(/C=C(\CC)C(=O)c2c(O)cc(C(C)CC/C=C/NC(=O)O)oc2=O)s1. The molecule has 7 nitrogen and oxygen atoms in total. The van der Waals surface area contributed by atoms with Crippen LogP contribution in [-0.2, 0) is 6.42 Å². The zero-order valence-electron chi connectivity index (χ0n) is 19.2. The van der Waals surface area contributed by atoms with Crippen molar-refractivity contribution in [2.24, 2.45) is 0 Å². The number of nitrogens with one attached hydrogen (secondary N) is 1. The molecule has 0 aromatic carbocycles. The zero-order chi connectivity index (χ0) is 24.4. The van der Waals surface area contributed by atoms with Crippen LogP contribution in [0.25, 0.3) is 6.08 Å². The Bertz CT molecular complexity index is 1080. The summed E-state index contributed by atoms with van der Waals surface area (Å²) in [6.07, 6.45) is 8.34. The van der Waals surface area contributed by atoms with E-state index in [1.54, 1.807) is 23.5 Å². The van der Waals surface area contributed by atoms with Crippen molar-refractivity contribution in [3.8, 4) is 5.75 Å². The van der Waals surface area contributed by atoms with Crippen LogP contribution in [0.15, 0.2) is 45.3 Å². The van der Waals surface area contributed by atoms with Crippen LogP contribution in [0.1, 0.15) is 84.7 Å². The maximum absolute atomic E-state index is 13.0. The average molecular weight is 474 g/mol. The van der Waals surface area contributed by atoms with Gasteiger partial charge in [0.15, 0.2) is 5.78 Å². The summed E-state index contributed by atoms with van der Waals surface area (Å²) in [5, 5.41) is 21.1. The molecular weight excluding hydrogens is 442 g/mol. The second kappa shape index (κ2) is 12.8. The van der Waals surface area contributed by atoms with Crippen LogP contribution in [0.2, 0.25) is 0 Å². The molecule has 0 aliphatic rings. The summed E-state index contributed by atoms with van der Waals surface area (Å²) in [6.45, 7) is 5.79. The van der Waals surface area contributed by atoms with Gasteiger partial charge in [-0.3, -0.25) is 10.1 Å². The van der Waals surface area contributed by atoms with Gasteiger partial charge in [-0.2, -0.15) is 0 Å². The maximum atomic E-state index is 13.0. The number of carboxylic acid groups (broad SMARTS) is 1. The molecule has 1 unspecified atom stereocenters. The number of hydrogen-bond donors (Lipinski definition) is 3. The van der Waals surface area contributed by atoms with Crippen LogP contribution in [0.4, 0.5) is 4.79 Å². The third-order valence-corrected chi connectivity index (χ3v) is 6.29. The minimum atomic E-state index is -1.15. The number of aryl methyl sites for hydroxylation is 1. The highest BCUT2D eigenvalue weighted by atomic mass is 32.1. The smallest absolute Gasteiger partial charge is 0.408 e. The van der Waals surface area contributed by atoms with Gasteiger partial charge < -0.3 is 14.6 Å². The first-order chi connectivity index (χ1) is 15.8. The van der Waals surface area contributed by atoms with Crippen molar-refractivity contribution in [1.82, 2.24) is 5.32 Å². The van der Waals surface area contributed by atoms with Crippen LogP contribution in [-0.4, -0.2) is 22.1 Å². The quantitative estimate of drug-likeness (QED) is 0.254. The number of carbonyl (C=O) groups is 2. The summed E-state index contributed by atoms with van der Waals surface area (Å²) in [4.78, 5) is 38.2. The average Bonchev–Trinajstić information content (AvgIpc) is 3.22. The van der Waals surface area contributed by atoms with Gasteiger partial charge >= 0.3 is 11.7 Å². The number of allylic oxidation sites excluding steroid dienone is 2. The van der Waals surface area contributed by atoms with E-state index in [0.29, 0.717) is 24.8 Å². The van der Waals surface area contributed by atoms with Crippen LogP contribution < -0.4 is 10.9 Å². The van der Waals surface area contributed by atoms with Gasteiger partial charge in [-0.15, -0.1) is 11.3 Å². The molecule has 0 saturated heterocycles. The Hall–Kier alpha value is -3.13. The Morgan fingerprint density at radius 3 is 2.67 bits per heavy atom. The van der Waals surface area contributed by atoms with Crippen molar-refractivity contribution in [3.05, 3.63) is 67.5 Å². The van der Waals surface area contributed by atoms with Crippen LogP contribution >= 0.6 is 11.3 Å². The summed E-state index contributed by atoms with van der Waals surface area (Å²) in [6, 6.07) is 5.34. The summed E-state index contributed by atoms with van der Waals surface area (Å²) < 4.78 is 5.37. The number of amides is 1. The van der Waals surface area contributed by atoms with Crippen molar-refractivity contribution in [1.29, 1.82) is 0 Å². The minimum Gasteiger partial charge on any atom is -0.507 e. The second-order valence-corrected chi connectivity index (χ2v) is 8.99. The monoisotopic (exact) mass is 473 g/mol. The Labute approximate surface area is 197 Å². The lowest BCUT2D eigenvalue weighted by atomic mass is 9.98. The third kappa shape index (κ3) is 7.75. The van der Waals surface area contributed by atoms with E-state index in [4.69, 9.17) is 9.52 Å². The third-order valence-electron chi connectivity index (χ3n) is 5.20. The summed E-state index contributed by atoms with van der Waals surface area (Å²) in [5.74, 6) is -0.866. The lowest BCUT2D eigenvalue weighted by molar-refractivity contribution is 0.102. The van der Waals surface area contributed by atoms with Gasteiger partial charge in [0.2, 0.25) is 0 Å². The van der Waals surface area contributed by atoms with Crippen LogP contribution in [0, 0.1) is 0 Å². The number of unbranched alkanes of at least 4 members (excludes halogenated alkanes) is 1. The number of rotatable bonds is 12. The molecule has 0 radical (unpaired) electrons. The topological polar surface area (TPSA) is 117 Å². The standard InChI is InChI=1S/C25H31NO6S/c1-4-6-10-18-11-12-19(33-18)14-17(5-2)23(28)22-20(27)15-21(32-24(22)29)16(3)9-7-8-13-26-25(30)31/h8,11-16,26-27H,4-7,9-10H2,1-3H3,(H,30,31)/b13-8+,17-14+. The number of hydrogen-bond acceptors (Lipinski definition) is 6. The Balaban J connectivity index is 2.17. The molecular formula is C25H31NO6S. The molecule has 0 aliphatic heterocycles. The molecule has 2 aromatic heterocycles. The normalized spacial score (nSPS) is 12.8. The highest BCUT2D eigenvalue weighted by molar-refractivity contribution is 7.12. The van der Waals surface area contributed by atoms with Gasteiger partial charge in [0, 0.05) is 33.5 Å². The fourth-order valence-corrected chi connectivity index (χ4v) is 4.29. The molecule has 178 valence electrons. The molecule has 2 rings (SSSR count). The Morgan fingerprint density at radius 1 is 1.27 bits per heavy atom. The number of aromatic hydroxyl groups is 1. The first-order valence-corrected chi connectivity index (χ1v) is 11.9. The fraction of sp³-hybridized carbons (Fsp3) is 0.400. The first-order valence-electron chi connectivity index (χ1n) is 11.1. The van der Waals surface area contributed by atoms with E-state index in [-0.39, 0.29) is 17.2 Å². The van der Waals surface area contributed by atoms with Gasteiger partial charge in [0.05, 0.1) is 0 Å². The molecule has 2 heterocycles. The number of carbonyl (C=O) groups excluding carboxylic acids is 1. The minimum absolute atomic E-state index is 0.212. The predicted molar refractivity (Wildman–Crippen MR) is 130 cm³/mol. The summed E-state index contributed by atoms with van der Waals surface area (Å²) in [7, 11) is 0. The van der Waals surface area contributed by atoms with E-state index in [1.807, 2.05) is 19.9 Å². The van der Waals surface area contributed by atoms with Gasteiger partial charge in [0.1, 0.15) is 17.1 Å². The number of Topliss-reactive ketones (excluding diaryl/α,β-unsaturated/α-hetero) is 1. The molecule has 0 saturated carbocycles. The van der Waals surface area contributed by atoms with E-state index >= 15 is 0 Å². The van der Waals surface area contributed by atoms with Crippen molar-refractivity contribution in [3.63, 3.8) is 0 Å². The Morgan fingerprint density at radius 2 is 2.03 bits per heavy atom. The van der Waals surface area contributed by atoms with Crippen molar-refractivity contribution in [2.45, 2.75) is 65.2 Å². The van der Waals surface area contributed by atoms with Crippen LogP contribution in [0.3, 0.4) is 0 Å². The van der Waals surface area contributed by atoms with Gasteiger partial charge in [0.25, 0.3) is 0 Å². The van der Waals surface area contributed by atoms with E-state index in [2.05, 4.69) is 18.3 Å². The van der Waals surface area contributed by atoms with Gasteiger partial charge in [-0.1, -0.05) is 33.3 Å². The summed E-state index contributed by atoms with van der Waals surface area (Å²) >= 11 is 1.62. The molecule has 0 bridgehead atoms. The molecule has 0 aliphatic carbocycles. The molecule has 0 spiro atoms. The summed E-state index contributed by atoms with van der Waals surface area (Å²) in [5.41, 5.74) is -0.787. The molecule has 8 heteroatoms. The number of ketones is 1. The van der Waals surface area contributed by atoms with Crippen molar-refractivity contribution in [2.75, 3.05) is 0 Å². The lowest BCUT2D eigenvalue weighted by Gasteiger charge is -2.11. The molecule has 2 aromatic rings. The van der Waals surface area contributed by atoms with Crippen LogP contribution in [0.5, 0.6) is 5.75 Å². The zero-order valence-corrected chi connectivity index (χ0v) is 20.0. The molecule has 1 atom stereocenters. The lowest BCUT2D eigenvalue weighted by Crippen LogP contribution is -2.17.